The van der Waals surface area contributed by atoms with Gasteiger partial charge in [0, 0.05) is 12.1 Å². The quantitative estimate of drug-likeness (QED) is 0.806. The summed E-state index contributed by atoms with van der Waals surface area (Å²) >= 11 is 0. The molecule has 2 rings (SSSR count). The van der Waals surface area contributed by atoms with Crippen LogP contribution in [0.3, 0.4) is 0 Å². The molecule has 0 fully saturated rings. The summed E-state index contributed by atoms with van der Waals surface area (Å²) in [5.74, 6) is 0. The lowest BCUT2D eigenvalue weighted by atomic mass is 10.0. The van der Waals surface area contributed by atoms with E-state index in [1.807, 2.05) is 0 Å². The molecule has 0 unspecified atom stereocenters. The third-order valence-electron chi connectivity index (χ3n) is 3.54. The minimum Gasteiger partial charge on any atom is -0.308 e. The standard InChI is InChI=1S/C18H23N/c1-15(13-14-17-9-5-3-6-10-17)19-16(2)18-11-7-4-8-12-18/h3-12,15-16,19H,13-14H2,1-2H3/t15-,16+/m0/s1. The highest BCUT2D eigenvalue weighted by Gasteiger charge is 2.08. The van der Waals surface area contributed by atoms with Crippen LogP contribution in [0, 0.1) is 0 Å². The van der Waals surface area contributed by atoms with Gasteiger partial charge < -0.3 is 5.32 Å². The predicted molar refractivity (Wildman–Crippen MR) is 82.2 cm³/mol. The Morgan fingerprint density at radius 1 is 0.842 bits per heavy atom. The van der Waals surface area contributed by atoms with E-state index in [-0.39, 0.29) is 0 Å². The molecule has 100 valence electrons. The van der Waals surface area contributed by atoms with E-state index in [0.717, 1.165) is 6.42 Å². The van der Waals surface area contributed by atoms with Gasteiger partial charge in [-0.3, -0.25) is 0 Å². The maximum atomic E-state index is 3.67. The van der Waals surface area contributed by atoms with Crippen molar-refractivity contribution in [3.8, 4) is 0 Å². The van der Waals surface area contributed by atoms with Crippen molar-refractivity contribution >= 4 is 0 Å². The van der Waals surface area contributed by atoms with E-state index in [1.165, 1.54) is 17.5 Å². The molecule has 19 heavy (non-hydrogen) atoms. The second-order valence-electron chi connectivity index (χ2n) is 5.22. The Balaban J connectivity index is 1.80. The van der Waals surface area contributed by atoms with Gasteiger partial charge in [0.05, 0.1) is 0 Å². The summed E-state index contributed by atoms with van der Waals surface area (Å²) in [7, 11) is 0. The Hall–Kier alpha value is -1.60. The second-order valence-corrected chi connectivity index (χ2v) is 5.22. The largest absolute Gasteiger partial charge is 0.308 e. The monoisotopic (exact) mass is 253 g/mol. The van der Waals surface area contributed by atoms with Crippen LogP contribution in [-0.2, 0) is 6.42 Å². The molecule has 0 aliphatic rings. The van der Waals surface area contributed by atoms with Gasteiger partial charge in [-0.1, -0.05) is 60.7 Å². The van der Waals surface area contributed by atoms with Crippen molar-refractivity contribution < 1.29 is 0 Å². The van der Waals surface area contributed by atoms with Gasteiger partial charge in [-0.2, -0.15) is 0 Å². The van der Waals surface area contributed by atoms with Crippen LogP contribution in [0.5, 0.6) is 0 Å². The smallest absolute Gasteiger partial charge is 0.0294 e. The highest BCUT2D eigenvalue weighted by atomic mass is 14.9. The van der Waals surface area contributed by atoms with E-state index in [4.69, 9.17) is 0 Å². The van der Waals surface area contributed by atoms with Crippen molar-refractivity contribution in [1.82, 2.24) is 5.32 Å². The third kappa shape index (κ3) is 4.53. The fourth-order valence-electron chi connectivity index (χ4n) is 2.38. The number of aryl methyl sites for hydroxylation is 1. The van der Waals surface area contributed by atoms with Gasteiger partial charge in [-0.05, 0) is 37.8 Å². The summed E-state index contributed by atoms with van der Waals surface area (Å²) in [6.07, 6.45) is 2.30. The van der Waals surface area contributed by atoms with Crippen LogP contribution < -0.4 is 5.32 Å². The van der Waals surface area contributed by atoms with Gasteiger partial charge in [0.25, 0.3) is 0 Å². The van der Waals surface area contributed by atoms with E-state index in [1.54, 1.807) is 0 Å². The van der Waals surface area contributed by atoms with Gasteiger partial charge in [0.15, 0.2) is 0 Å². The van der Waals surface area contributed by atoms with E-state index in [0.29, 0.717) is 12.1 Å². The lowest BCUT2D eigenvalue weighted by Gasteiger charge is -2.20. The summed E-state index contributed by atoms with van der Waals surface area (Å²) < 4.78 is 0. The first-order chi connectivity index (χ1) is 9.25. The molecule has 0 amide bonds. The molecule has 0 radical (unpaired) electrons. The number of hydrogen-bond donors (Lipinski definition) is 1. The molecule has 2 aromatic rings. The van der Waals surface area contributed by atoms with Gasteiger partial charge in [-0.25, -0.2) is 0 Å². The van der Waals surface area contributed by atoms with Crippen molar-refractivity contribution in [2.75, 3.05) is 0 Å². The summed E-state index contributed by atoms with van der Waals surface area (Å²) in [5.41, 5.74) is 2.78. The molecule has 0 heterocycles. The molecule has 1 nitrogen and oxygen atoms in total. The first-order valence-corrected chi connectivity index (χ1v) is 7.10. The zero-order valence-corrected chi connectivity index (χ0v) is 11.8. The van der Waals surface area contributed by atoms with Crippen LogP contribution in [0.25, 0.3) is 0 Å². The average Bonchev–Trinajstić information content (AvgIpc) is 2.47. The zero-order chi connectivity index (χ0) is 13.5. The number of hydrogen-bond acceptors (Lipinski definition) is 1. The molecule has 2 atom stereocenters. The van der Waals surface area contributed by atoms with Crippen molar-refractivity contribution in [3.63, 3.8) is 0 Å². The maximum Gasteiger partial charge on any atom is 0.0294 e. The fraction of sp³-hybridized carbons (Fsp3) is 0.333. The molecule has 0 saturated carbocycles. The normalized spacial score (nSPS) is 14.0. The number of benzene rings is 2. The molecular weight excluding hydrogens is 230 g/mol. The highest BCUT2D eigenvalue weighted by molar-refractivity contribution is 5.18. The maximum absolute atomic E-state index is 3.67. The van der Waals surface area contributed by atoms with E-state index < -0.39 is 0 Å². The Morgan fingerprint density at radius 3 is 2.05 bits per heavy atom. The highest BCUT2D eigenvalue weighted by Crippen LogP contribution is 2.13. The molecule has 1 N–H and O–H groups in total. The summed E-state index contributed by atoms with van der Waals surface area (Å²) in [4.78, 5) is 0. The lowest BCUT2D eigenvalue weighted by molar-refractivity contribution is 0.456. The van der Waals surface area contributed by atoms with Crippen molar-refractivity contribution in [1.29, 1.82) is 0 Å². The average molecular weight is 253 g/mol. The minimum absolute atomic E-state index is 0.409. The Bertz CT molecular complexity index is 464. The van der Waals surface area contributed by atoms with Crippen LogP contribution in [0.1, 0.15) is 37.4 Å². The second kappa shape index (κ2) is 7.10. The van der Waals surface area contributed by atoms with E-state index in [9.17, 15) is 0 Å². The molecule has 0 bridgehead atoms. The molecule has 0 aliphatic carbocycles. The summed E-state index contributed by atoms with van der Waals surface area (Å²) in [6, 6.07) is 22.3. The summed E-state index contributed by atoms with van der Waals surface area (Å²) in [5, 5.41) is 3.67. The topological polar surface area (TPSA) is 12.0 Å². The summed E-state index contributed by atoms with van der Waals surface area (Å²) in [6.45, 7) is 4.50. The first-order valence-electron chi connectivity index (χ1n) is 7.10. The van der Waals surface area contributed by atoms with Crippen LogP contribution >= 0.6 is 0 Å². The lowest BCUT2D eigenvalue weighted by Crippen LogP contribution is -2.29. The SMILES string of the molecule is C[C@@H](CCc1ccccc1)N[C@H](C)c1ccccc1. The van der Waals surface area contributed by atoms with Crippen molar-refractivity contribution in [2.24, 2.45) is 0 Å². The van der Waals surface area contributed by atoms with Crippen LogP contribution in [0.15, 0.2) is 60.7 Å². The van der Waals surface area contributed by atoms with Gasteiger partial charge in [-0.15, -0.1) is 0 Å². The van der Waals surface area contributed by atoms with Gasteiger partial charge in [0.2, 0.25) is 0 Å². The minimum atomic E-state index is 0.409. The van der Waals surface area contributed by atoms with Crippen LogP contribution in [-0.4, -0.2) is 6.04 Å². The van der Waals surface area contributed by atoms with Gasteiger partial charge >= 0.3 is 0 Å². The first kappa shape index (κ1) is 13.8. The molecule has 0 aromatic heterocycles. The molecular formula is C18H23N. The molecule has 0 aliphatic heterocycles. The van der Waals surface area contributed by atoms with Crippen LogP contribution in [0.2, 0.25) is 0 Å². The van der Waals surface area contributed by atoms with E-state index >= 15 is 0 Å². The van der Waals surface area contributed by atoms with Crippen molar-refractivity contribution in [2.45, 2.75) is 38.8 Å². The Labute approximate surface area is 116 Å². The number of rotatable bonds is 6. The molecule has 0 saturated heterocycles. The van der Waals surface area contributed by atoms with E-state index in [2.05, 4.69) is 79.8 Å². The number of nitrogens with one attached hydrogen (secondary N) is 1. The predicted octanol–water partition coefficient (Wildman–Crippen LogP) is 4.36. The van der Waals surface area contributed by atoms with Gasteiger partial charge in [0.1, 0.15) is 0 Å². The van der Waals surface area contributed by atoms with Crippen LogP contribution in [0.4, 0.5) is 0 Å². The molecule has 1 heteroatoms. The third-order valence-corrected chi connectivity index (χ3v) is 3.54. The zero-order valence-electron chi connectivity index (χ0n) is 11.8. The fourth-order valence-corrected chi connectivity index (χ4v) is 2.38. The molecule has 2 aromatic carbocycles. The Morgan fingerprint density at radius 2 is 1.42 bits per heavy atom. The Kier molecular flexibility index (Phi) is 5.17. The molecule has 0 spiro atoms. The van der Waals surface area contributed by atoms with Crippen molar-refractivity contribution in [3.05, 3.63) is 71.8 Å².